The molecule has 24 heavy (non-hydrogen) atoms. The third-order valence-corrected chi connectivity index (χ3v) is 4.44. The number of fused-ring (bicyclic) bond motifs is 1. The average molecular weight is 355 g/mol. The third-order valence-electron chi connectivity index (χ3n) is 3.38. The number of rotatable bonds is 2. The van der Waals surface area contributed by atoms with Crippen LogP contribution in [0, 0.1) is 0 Å². The molecule has 8 nitrogen and oxygen atoms in total. The lowest BCUT2D eigenvalue weighted by Gasteiger charge is -2.17. The maximum atomic E-state index is 12.2. The van der Waals surface area contributed by atoms with Crippen molar-refractivity contribution in [3.05, 3.63) is 23.3 Å². The summed E-state index contributed by atoms with van der Waals surface area (Å²) in [5.74, 6) is -1.90. The van der Waals surface area contributed by atoms with Gasteiger partial charge in [0, 0.05) is 23.1 Å². The highest BCUT2D eigenvalue weighted by Gasteiger charge is 2.24. The van der Waals surface area contributed by atoms with Gasteiger partial charge in [-0.1, -0.05) is 0 Å². The molecule has 0 saturated heterocycles. The van der Waals surface area contributed by atoms with E-state index in [-0.39, 0.29) is 35.8 Å². The Morgan fingerprint density at radius 3 is 2.83 bits per heavy atom. The first kappa shape index (κ1) is 17.9. The number of amides is 1. The molecule has 0 fully saturated rings. The number of esters is 1. The molecule has 1 heterocycles. The van der Waals surface area contributed by atoms with Gasteiger partial charge in [-0.3, -0.25) is 4.79 Å². The number of ether oxygens (including phenoxy) is 2. The second-order valence-electron chi connectivity index (χ2n) is 5.03. The first-order chi connectivity index (χ1) is 11.4. The lowest BCUT2D eigenvalue weighted by molar-refractivity contribution is -0.141. The summed E-state index contributed by atoms with van der Waals surface area (Å²) in [7, 11) is 1.40. The highest BCUT2D eigenvalue weighted by atomic mass is 32.2. The summed E-state index contributed by atoms with van der Waals surface area (Å²) in [5, 5.41) is 21.6. The normalized spacial score (nSPS) is 19.1. The van der Waals surface area contributed by atoms with Crippen LogP contribution < -0.4 is 10.1 Å². The Hall–Kier alpha value is -2.42. The van der Waals surface area contributed by atoms with Crippen LogP contribution in [0.15, 0.2) is 12.1 Å². The Labute approximate surface area is 142 Å². The van der Waals surface area contributed by atoms with Gasteiger partial charge in [0.05, 0.1) is 19.1 Å². The van der Waals surface area contributed by atoms with Crippen LogP contribution in [0.2, 0.25) is 0 Å². The fourth-order valence-electron chi connectivity index (χ4n) is 2.12. The Balaban J connectivity index is 2.32. The second kappa shape index (κ2) is 7.91. The van der Waals surface area contributed by atoms with Crippen molar-refractivity contribution >= 4 is 29.6 Å². The highest BCUT2D eigenvalue weighted by Crippen LogP contribution is 2.32. The standard InChI is InChI=1S/C15H17NO7S/c1-22-8-4-9-10(12(17)5-8)6-24-7-11(14(19)20)16-13(18)2-3-23-15(9)21/h4-5,11,17H,2-3,6-7H2,1H3,(H,16,18)(H,19,20)/t11-/m0/s1. The number of carbonyl (C=O) groups excluding carboxylic acids is 2. The first-order valence-corrected chi connectivity index (χ1v) is 8.24. The minimum Gasteiger partial charge on any atom is -0.507 e. The van der Waals surface area contributed by atoms with E-state index in [0.29, 0.717) is 11.3 Å². The largest absolute Gasteiger partial charge is 0.507 e. The zero-order chi connectivity index (χ0) is 17.7. The van der Waals surface area contributed by atoms with Crippen LogP contribution in [0.3, 0.4) is 0 Å². The van der Waals surface area contributed by atoms with Crippen molar-refractivity contribution in [2.24, 2.45) is 0 Å². The summed E-state index contributed by atoms with van der Waals surface area (Å²) in [5.41, 5.74) is 0.467. The summed E-state index contributed by atoms with van der Waals surface area (Å²) in [6.45, 7) is -0.193. The minimum absolute atomic E-state index is 0.0982. The molecular weight excluding hydrogens is 338 g/mol. The first-order valence-electron chi connectivity index (χ1n) is 7.09. The van der Waals surface area contributed by atoms with E-state index in [1.165, 1.54) is 31.0 Å². The smallest absolute Gasteiger partial charge is 0.338 e. The summed E-state index contributed by atoms with van der Waals surface area (Å²) in [4.78, 5) is 35.1. The van der Waals surface area contributed by atoms with Crippen LogP contribution in [-0.4, -0.2) is 53.6 Å². The Kier molecular flexibility index (Phi) is 5.91. The highest BCUT2D eigenvalue weighted by molar-refractivity contribution is 7.98. The van der Waals surface area contributed by atoms with E-state index in [0.717, 1.165) is 0 Å². The molecular formula is C15H17NO7S. The van der Waals surface area contributed by atoms with E-state index in [4.69, 9.17) is 14.6 Å². The van der Waals surface area contributed by atoms with E-state index >= 15 is 0 Å². The van der Waals surface area contributed by atoms with E-state index in [1.54, 1.807) is 0 Å². The van der Waals surface area contributed by atoms with Gasteiger partial charge in [-0.2, -0.15) is 11.8 Å². The molecule has 0 aromatic heterocycles. The molecule has 130 valence electrons. The number of phenols is 1. The monoisotopic (exact) mass is 355 g/mol. The van der Waals surface area contributed by atoms with Crippen LogP contribution in [0.1, 0.15) is 22.3 Å². The van der Waals surface area contributed by atoms with Gasteiger partial charge in [0.1, 0.15) is 24.1 Å². The number of carboxylic acids is 1. The van der Waals surface area contributed by atoms with Gasteiger partial charge in [0.2, 0.25) is 5.91 Å². The van der Waals surface area contributed by atoms with Gasteiger partial charge in [-0.05, 0) is 6.07 Å². The zero-order valence-electron chi connectivity index (χ0n) is 12.9. The summed E-state index contributed by atoms with van der Waals surface area (Å²) in [6.07, 6.45) is -0.147. The fourth-order valence-corrected chi connectivity index (χ4v) is 3.20. The van der Waals surface area contributed by atoms with Crippen LogP contribution in [0.4, 0.5) is 0 Å². The van der Waals surface area contributed by atoms with Gasteiger partial charge >= 0.3 is 11.9 Å². The second-order valence-corrected chi connectivity index (χ2v) is 6.06. The molecule has 1 atom stereocenters. The van der Waals surface area contributed by atoms with Crippen molar-refractivity contribution in [1.82, 2.24) is 5.32 Å². The number of carboxylic acid groups (broad SMARTS) is 1. The maximum Gasteiger partial charge on any atom is 0.338 e. The number of hydrogen-bond acceptors (Lipinski definition) is 7. The number of thioether (sulfide) groups is 1. The van der Waals surface area contributed by atoms with Crippen LogP contribution >= 0.6 is 11.8 Å². The van der Waals surface area contributed by atoms with Crippen LogP contribution in [0.25, 0.3) is 0 Å². The summed E-state index contributed by atoms with van der Waals surface area (Å²) < 4.78 is 10.1. The fraction of sp³-hybridized carbons (Fsp3) is 0.400. The molecule has 0 spiro atoms. The summed E-state index contributed by atoms with van der Waals surface area (Å²) in [6, 6.07) is 1.76. The number of nitrogens with one attached hydrogen (secondary N) is 1. The molecule has 0 radical (unpaired) electrons. The number of benzene rings is 1. The minimum atomic E-state index is -1.15. The van der Waals surface area contributed by atoms with Crippen molar-refractivity contribution < 1.29 is 34.1 Å². The van der Waals surface area contributed by atoms with Crippen LogP contribution in [-0.2, 0) is 20.1 Å². The molecule has 1 aromatic rings. The van der Waals surface area contributed by atoms with E-state index in [1.807, 2.05) is 0 Å². The zero-order valence-corrected chi connectivity index (χ0v) is 13.7. The number of aliphatic carboxylic acids is 1. The topological polar surface area (TPSA) is 122 Å². The maximum absolute atomic E-state index is 12.2. The Morgan fingerprint density at radius 1 is 1.42 bits per heavy atom. The third kappa shape index (κ3) is 4.31. The SMILES string of the molecule is COc1cc(O)c2c(c1)C(=O)OCCC(=O)N[C@H](C(=O)O)CSC2. The number of carbonyl (C=O) groups is 3. The molecule has 1 aliphatic rings. The molecule has 1 aromatic carbocycles. The van der Waals surface area contributed by atoms with Gasteiger partial charge < -0.3 is 25.0 Å². The number of hydrogen-bond donors (Lipinski definition) is 3. The van der Waals surface area contributed by atoms with E-state index < -0.39 is 23.9 Å². The summed E-state index contributed by atoms with van der Waals surface area (Å²) >= 11 is 1.17. The van der Waals surface area contributed by atoms with Gasteiger partial charge in [0.25, 0.3) is 0 Å². The predicted molar refractivity (Wildman–Crippen MR) is 85.3 cm³/mol. The molecule has 3 N–H and O–H groups in total. The molecule has 0 bridgehead atoms. The van der Waals surface area contributed by atoms with Crippen LogP contribution in [0.5, 0.6) is 11.5 Å². The number of aromatic hydroxyl groups is 1. The molecule has 1 amide bonds. The van der Waals surface area contributed by atoms with Gasteiger partial charge in [-0.25, -0.2) is 9.59 Å². The quantitative estimate of drug-likeness (QED) is 0.665. The van der Waals surface area contributed by atoms with Gasteiger partial charge in [-0.15, -0.1) is 0 Å². The number of phenolic OH excluding ortho intramolecular Hbond substituents is 1. The van der Waals surface area contributed by atoms with Gasteiger partial charge in [0.15, 0.2) is 0 Å². The Bertz CT molecular complexity index is 661. The van der Waals surface area contributed by atoms with Crippen molar-refractivity contribution in [2.75, 3.05) is 19.5 Å². The molecule has 0 unspecified atom stereocenters. The number of cyclic esters (lactones) is 1. The lowest BCUT2D eigenvalue weighted by Crippen LogP contribution is -2.43. The molecule has 2 rings (SSSR count). The molecule has 1 aliphatic heterocycles. The van der Waals surface area contributed by atoms with E-state index in [2.05, 4.69) is 5.32 Å². The Morgan fingerprint density at radius 2 is 2.17 bits per heavy atom. The van der Waals surface area contributed by atoms with Crippen molar-refractivity contribution in [3.8, 4) is 11.5 Å². The average Bonchev–Trinajstić information content (AvgIpc) is 2.53. The number of methoxy groups -OCH3 is 1. The van der Waals surface area contributed by atoms with Crippen molar-refractivity contribution in [2.45, 2.75) is 18.2 Å². The van der Waals surface area contributed by atoms with Crippen molar-refractivity contribution in [1.29, 1.82) is 0 Å². The molecule has 0 aliphatic carbocycles. The lowest BCUT2D eigenvalue weighted by atomic mass is 10.1. The predicted octanol–water partition coefficient (Wildman–Crippen LogP) is 0.764. The van der Waals surface area contributed by atoms with E-state index in [9.17, 15) is 19.5 Å². The van der Waals surface area contributed by atoms with Crippen molar-refractivity contribution in [3.63, 3.8) is 0 Å². The molecule has 9 heteroatoms. The molecule has 0 saturated carbocycles.